The highest BCUT2D eigenvalue weighted by Gasteiger charge is 2.13. The summed E-state index contributed by atoms with van der Waals surface area (Å²) in [6.45, 7) is 4.35. The molecule has 0 saturated carbocycles. The van der Waals surface area contributed by atoms with Crippen molar-refractivity contribution in [2.24, 2.45) is 0 Å². The van der Waals surface area contributed by atoms with E-state index in [-0.39, 0.29) is 5.91 Å². The molecule has 2 aromatic carbocycles. The van der Waals surface area contributed by atoms with E-state index in [9.17, 15) is 4.79 Å². The summed E-state index contributed by atoms with van der Waals surface area (Å²) in [4.78, 5) is 27.6. The molecular weight excluding hydrogens is 528 g/mol. The first-order chi connectivity index (χ1) is 19.5. The number of pyridine rings is 1. The minimum atomic E-state index is -0.297. The fourth-order valence-corrected chi connectivity index (χ4v) is 4.20. The molecule has 0 radical (unpaired) electrons. The Kier molecular flexibility index (Phi) is 9.97. The van der Waals surface area contributed by atoms with Gasteiger partial charge in [-0.25, -0.2) is 15.0 Å². The normalized spacial score (nSPS) is 10.6. The molecule has 0 unspecified atom stereocenters. The van der Waals surface area contributed by atoms with Crippen molar-refractivity contribution in [2.45, 2.75) is 26.2 Å². The van der Waals surface area contributed by atoms with Crippen LogP contribution < -0.4 is 20.1 Å². The van der Waals surface area contributed by atoms with Crippen molar-refractivity contribution in [2.75, 3.05) is 37.4 Å². The second-order valence-electron chi connectivity index (χ2n) is 8.88. The van der Waals surface area contributed by atoms with Crippen LogP contribution in [0.1, 0.15) is 36.5 Å². The third kappa shape index (κ3) is 7.52. The Morgan fingerprint density at radius 2 is 1.95 bits per heavy atom. The zero-order chi connectivity index (χ0) is 28.3. The van der Waals surface area contributed by atoms with Gasteiger partial charge in [0.15, 0.2) is 11.5 Å². The number of nitrogens with one attached hydrogen (secondary N) is 2. The molecule has 2 aromatic heterocycles. The number of benzene rings is 2. The number of terminal acetylenes is 1. The summed E-state index contributed by atoms with van der Waals surface area (Å²) in [5, 5.41) is 7.28. The van der Waals surface area contributed by atoms with Gasteiger partial charge in [-0.1, -0.05) is 24.1 Å². The Morgan fingerprint density at radius 1 is 1.07 bits per heavy atom. The van der Waals surface area contributed by atoms with Crippen LogP contribution in [0.3, 0.4) is 0 Å². The van der Waals surface area contributed by atoms with Gasteiger partial charge in [0.05, 0.1) is 31.1 Å². The molecule has 9 nitrogen and oxygen atoms in total. The summed E-state index contributed by atoms with van der Waals surface area (Å²) in [6.07, 6.45) is 11.5. The standard InChI is InChI=1S/C30H31ClN6O3/c1-4-37(5-2)14-7-6-8-15-40-27-18-25-24(17-26(27)39-3)29(34-20-33-25)35-23-12-13-28(32-19-23)36-30(38)21-10-9-11-22(31)16-21/h1,9-13,16-20H,5-8,14-15H2,2-3H3,(H,32,36,38)(H,33,34,35). The highest BCUT2D eigenvalue weighted by molar-refractivity contribution is 6.31. The quantitative estimate of drug-likeness (QED) is 0.114. The van der Waals surface area contributed by atoms with Gasteiger partial charge >= 0.3 is 0 Å². The predicted molar refractivity (Wildman–Crippen MR) is 158 cm³/mol. The minimum absolute atomic E-state index is 0.297. The lowest BCUT2D eigenvalue weighted by atomic mass is 10.2. The fraction of sp³-hybridized carbons (Fsp3) is 0.267. The van der Waals surface area contributed by atoms with Gasteiger partial charge in [0.2, 0.25) is 0 Å². The van der Waals surface area contributed by atoms with Crippen molar-refractivity contribution < 1.29 is 14.3 Å². The molecule has 0 spiro atoms. The summed E-state index contributed by atoms with van der Waals surface area (Å²) >= 11 is 5.98. The molecule has 0 fully saturated rings. The van der Waals surface area contributed by atoms with Crippen LogP contribution in [0.25, 0.3) is 10.9 Å². The van der Waals surface area contributed by atoms with E-state index < -0.39 is 0 Å². The number of nitrogens with zero attached hydrogens (tertiary/aromatic N) is 4. The number of carbonyl (C=O) groups is 1. The summed E-state index contributed by atoms with van der Waals surface area (Å²) in [5.74, 6) is 1.91. The smallest absolute Gasteiger partial charge is 0.256 e. The average Bonchev–Trinajstić information content (AvgIpc) is 2.97. The molecular formula is C30H31ClN6O3. The highest BCUT2D eigenvalue weighted by Crippen LogP contribution is 2.35. The zero-order valence-corrected chi connectivity index (χ0v) is 23.2. The minimum Gasteiger partial charge on any atom is -0.493 e. The van der Waals surface area contributed by atoms with Gasteiger partial charge in [-0.2, -0.15) is 0 Å². The number of methoxy groups -OCH3 is 1. The van der Waals surface area contributed by atoms with E-state index in [1.165, 1.54) is 6.33 Å². The van der Waals surface area contributed by atoms with Crippen LogP contribution in [-0.4, -0.2) is 52.6 Å². The van der Waals surface area contributed by atoms with Crippen LogP contribution in [0, 0.1) is 12.5 Å². The van der Waals surface area contributed by atoms with Gasteiger partial charge in [-0.05, 0) is 62.6 Å². The largest absolute Gasteiger partial charge is 0.493 e. The molecule has 4 aromatic rings. The molecule has 0 aliphatic heterocycles. The van der Waals surface area contributed by atoms with Crippen LogP contribution in [0.5, 0.6) is 11.5 Å². The van der Waals surface area contributed by atoms with Gasteiger partial charge in [0, 0.05) is 41.2 Å². The number of hydrogen-bond acceptors (Lipinski definition) is 8. The van der Waals surface area contributed by atoms with Gasteiger partial charge in [0.1, 0.15) is 18.0 Å². The number of ether oxygens (including phenoxy) is 2. The Hall–Kier alpha value is -4.55. The second-order valence-corrected chi connectivity index (χ2v) is 9.32. The summed E-state index contributed by atoms with van der Waals surface area (Å²) < 4.78 is 11.6. The second kappa shape index (κ2) is 14.0. The average molecular weight is 559 g/mol. The van der Waals surface area contributed by atoms with E-state index >= 15 is 0 Å². The molecule has 0 atom stereocenters. The van der Waals surface area contributed by atoms with Gasteiger partial charge in [0.25, 0.3) is 5.91 Å². The van der Waals surface area contributed by atoms with Crippen LogP contribution in [-0.2, 0) is 0 Å². The molecule has 40 heavy (non-hydrogen) atoms. The van der Waals surface area contributed by atoms with Crippen LogP contribution in [0.15, 0.2) is 61.1 Å². The van der Waals surface area contributed by atoms with Crippen molar-refractivity contribution >= 4 is 45.7 Å². The first-order valence-corrected chi connectivity index (χ1v) is 13.3. The number of amides is 1. The zero-order valence-electron chi connectivity index (χ0n) is 22.5. The van der Waals surface area contributed by atoms with E-state index in [2.05, 4.69) is 38.6 Å². The lowest BCUT2D eigenvalue weighted by molar-refractivity contribution is 0.102. The number of carbonyl (C=O) groups excluding carboxylic acids is 1. The maximum absolute atomic E-state index is 12.5. The molecule has 1 amide bonds. The van der Waals surface area contributed by atoms with Crippen LogP contribution in [0.2, 0.25) is 5.02 Å². The summed E-state index contributed by atoms with van der Waals surface area (Å²) in [5.41, 5.74) is 1.84. The molecule has 4 rings (SSSR count). The first-order valence-electron chi connectivity index (χ1n) is 13.0. The fourth-order valence-electron chi connectivity index (χ4n) is 4.01. The first kappa shape index (κ1) is 28.5. The SMILES string of the molecule is C#CN(CC)CCCCCOc1cc2ncnc(Nc3ccc(NC(=O)c4cccc(Cl)c4)nc3)c2cc1OC. The van der Waals surface area contributed by atoms with Crippen LogP contribution in [0.4, 0.5) is 17.3 Å². The monoisotopic (exact) mass is 558 g/mol. The lowest BCUT2D eigenvalue weighted by Gasteiger charge is -2.15. The van der Waals surface area contributed by atoms with Gasteiger partial charge in [-0.3, -0.25) is 4.79 Å². The summed E-state index contributed by atoms with van der Waals surface area (Å²) in [6, 6.07) is 16.6. The van der Waals surface area contributed by atoms with E-state index in [1.54, 1.807) is 49.7 Å². The number of hydrogen-bond donors (Lipinski definition) is 2. The van der Waals surface area contributed by atoms with E-state index in [0.717, 1.165) is 37.7 Å². The molecule has 0 aliphatic rings. The molecule has 206 valence electrons. The van der Waals surface area contributed by atoms with Crippen LogP contribution >= 0.6 is 11.6 Å². The Labute approximate surface area is 238 Å². The van der Waals surface area contributed by atoms with Crippen molar-refractivity contribution in [3.8, 4) is 24.0 Å². The van der Waals surface area contributed by atoms with Gasteiger partial charge in [-0.15, -0.1) is 0 Å². The molecule has 10 heteroatoms. The third-order valence-corrected chi connectivity index (χ3v) is 6.40. The van der Waals surface area contributed by atoms with Crippen molar-refractivity contribution in [3.05, 3.63) is 71.6 Å². The lowest BCUT2D eigenvalue weighted by Crippen LogP contribution is -2.18. The van der Waals surface area contributed by atoms with Gasteiger partial charge < -0.3 is 25.0 Å². The number of unbranched alkanes of at least 4 members (excludes halogenated alkanes) is 2. The number of rotatable bonds is 13. The Morgan fingerprint density at radius 3 is 2.67 bits per heavy atom. The van der Waals surface area contributed by atoms with Crippen molar-refractivity contribution in [1.29, 1.82) is 0 Å². The number of fused-ring (bicyclic) bond motifs is 1. The summed E-state index contributed by atoms with van der Waals surface area (Å²) in [7, 11) is 1.60. The molecule has 2 N–H and O–H groups in total. The third-order valence-electron chi connectivity index (χ3n) is 6.17. The maximum atomic E-state index is 12.5. The number of halogens is 1. The topological polar surface area (TPSA) is 102 Å². The Balaban J connectivity index is 1.39. The predicted octanol–water partition coefficient (Wildman–Crippen LogP) is 6.14. The van der Waals surface area contributed by atoms with E-state index in [0.29, 0.717) is 51.5 Å². The van der Waals surface area contributed by atoms with Crippen molar-refractivity contribution in [1.82, 2.24) is 19.9 Å². The number of aromatic nitrogens is 3. The molecule has 0 aliphatic carbocycles. The van der Waals surface area contributed by atoms with E-state index in [1.807, 2.05) is 17.0 Å². The molecule has 0 saturated heterocycles. The Bertz CT molecular complexity index is 1490. The molecule has 0 bridgehead atoms. The highest BCUT2D eigenvalue weighted by atomic mass is 35.5. The maximum Gasteiger partial charge on any atom is 0.256 e. The number of anilines is 3. The molecule has 2 heterocycles. The van der Waals surface area contributed by atoms with Crippen molar-refractivity contribution in [3.63, 3.8) is 0 Å². The van der Waals surface area contributed by atoms with E-state index in [4.69, 9.17) is 27.5 Å².